The molecule has 0 N–H and O–H groups in total. The summed E-state index contributed by atoms with van der Waals surface area (Å²) in [4.78, 5) is 16.0. The van der Waals surface area contributed by atoms with Crippen LogP contribution in [0.4, 0.5) is 0 Å². The Labute approximate surface area is 176 Å². The van der Waals surface area contributed by atoms with Gasteiger partial charge in [-0.15, -0.1) is 0 Å². The quantitative estimate of drug-likeness (QED) is 0.597. The van der Waals surface area contributed by atoms with Gasteiger partial charge in [0.05, 0.1) is 0 Å². The van der Waals surface area contributed by atoms with Crippen LogP contribution >= 0.6 is 0 Å². The molecule has 0 aliphatic carbocycles. The summed E-state index contributed by atoms with van der Waals surface area (Å²) >= 11 is 0. The molecule has 0 spiro atoms. The second-order valence-electron chi connectivity index (χ2n) is 9.50. The van der Waals surface area contributed by atoms with Crippen molar-refractivity contribution >= 4 is 6.41 Å². The van der Waals surface area contributed by atoms with Gasteiger partial charge in [0.25, 0.3) is 0 Å². The van der Waals surface area contributed by atoms with Crippen molar-refractivity contribution in [2.24, 2.45) is 5.92 Å². The highest BCUT2D eigenvalue weighted by atomic mass is 16.1. The first kappa shape index (κ1) is 21.6. The van der Waals surface area contributed by atoms with Gasteiger partial charge >= 0.3 is 0 Å². The number of likely N-dealkylation sites (tertiary alicyclic amines) is 1. The summed E-state index contributed by atoms with van der Waals surface area (Å²) in [7, 11) is 0. The standard InChI is InChI=1S/C26H36N2O/c1-26(2,3)25-11-9-24(10-12-25)20-28(21-29)18-17-27-15-13-23(14-16-27)19-22-7-5-4-6-8-22/h4-12,21,23H,13-20H2,1-3H3. The molecule has 3 rings (SSSR count). The summed E-state index contributed by atoms with van der Waals surface area (Å²) < 4.78 is 0. The number of benzene rings is 2. The van der Waals surface area contributed by atoms with Gasteiger partial charge in [-0.25, -0.2) is 0 Å². The van der Waals surface area contributed by atoms with Crippen molar-refractivity contribution in [1.29, 1.82) is 0 Å². The lowest BCUT2D eigenvalue weighted by Gasteiger charge is -2.33. The second kappa shape index (κ2) is 10.1. The Balaban J connectivity index is 1.41. The molecule has 0 saturated carbocycles. The first-order chi connectivity index (χ1) is 13.9. The van der Waals surface area contributed by atoms with E-state index in [0.717, 1.165) is 38.5 Å². The SMILES string of the molecule is CC(C)(C)c1ccc(CN(C=O)CCN2CCC(Cc3ccccc3)CC2)cc1. The molecule has 3 heteroatoms. The van der Waals surface area contributed by atoms with Gasteiger partial charge in [0.15, 0.2) is 0 Å². The highest BCUT2D eigenvalue weighted by Gasteiger charge is 2.20. The Kier molecular flexibility index (Phi) is 7.49. The van der Waals surface area contributed by atoms with Crippen molar-refractivity contribution in [3.63, 3.8) is 0 Å². The van der Waals surface area contributed by atoms with Crippen molar-refractivity contribution in [1.82, 2.24) is 9.80 Å². The molecule has 1 fully saturated rings. The zero-order valence-electron chi connectivity index (χ0n) is 18.3. The Hall–Kier alpha value is -2.13. The van der Waals surface area contributed by atoms with Crippen LogP contribution in [0.2, 0.25) is 0 Å². The molecule has 1 amide bonds. The highest BCUT2D eigenvalue weighted by molar-refractivity contribution is 5.47. The lowest BCUT2D eigenvalue weighted by molar-refractivity contribution is -0.118. The van der Waals surface area contributed by atoms with Gasteiger partial charge in [-0.3, -0.25) is 4.79 Å². The van der Waals surface area contributed by atoms with Crippen LogP contribution < -0.4 is 0 Å². The van der Waals surface area contributed by atoms with Gasteiger partial charge in [0.1, 0.15) is 0 Å². The van der Waals surface area contributed by atoms with Crippen LogP contribution in [0.15, 0.2) is 54.6 Å². The third kappa shape index (κ3) is 6.71. The van der Waals surface area contributed by atoms with E-state index in [9.17, 15) is 4.79 Å². The molecule has 1 aliphatic heterocycles. The number of piperidine rings is 1. The van der Waals surface area contributed by atoms with E-state index in [4.69, 9.17) is 0 Å². The van der Waals surface area contributed by atoms with Crippen LogP contribution in [-0.2, 0) is 23.2 Å². The Morgan fingerprint density at radius 1 is 0.966 bits per heavy atom. The Bertz CT molecular complexity index is 741. The average Bonchev–Trinajstić information content (AvgIpc) is 2.72. The van der Waals surface area contributed by atoms with Crippen LogP contribution in [0.5, 0.6) is 0 Å². The molecule has 2 aromatic rings. The van der Waals surface area contributed by atoms with Crippen molar-refractivity contribution in [3.8, 4) is 0 Å². The molecule has 0 unspecified atom stereocenters. The summed E-state index contributed by atoms with van der Waals surface area (Å²) in [6.07, 6.45) is 4.70. The van der Waals surface area contributed by atoms with Gasteiger partial charge in [-0.05, 0) is 60.4 Å². The van der Waals surface area contributed by atoms with Crippen LogP contribution in [0, 0.1) is 5.92 Å². The maximum absolute atomic E-state index is 11.6. The maximum atomic E-state index is 11.6. The predicted octanol–water partition coefficient (Wildman–Crippen LogP) is 4.90. The summed E-state index contributed by atoms with van der Waals surface area (Å²) in [6, 6.07) is 19.5. The van der Waals surface area contributed by atoms with Gasteiger partial charge in [0.2, 0.25) is 6.41 Å². The summed E-state index contributed by atoms with van der Waals surface area (Å²) in [5.41, 5.74) is 4.15. The van der Waals surface area contributed by atoms with E-state index in [1.54, 1.807) is 0 Å². The molecule has 1 aliphatic rings. The molecule has 0 bridgehead atoms. The second-order valence-corrected chi connectivity index (χ2v) is 9.50. The van der Waals surface area contributed by atoms with E-state index in [0.29, 0.717) is 6.54 Å². The van der Waals surface area contributed by atoms with Gasteiger partial charge in [-0.1, -0.05) is 75.4 Å². The lowest BCUT2D eigenvalue weighted by Crippen LogP contribution is -2.39. The zero-order valence-corrected chi connectivity index (χ0v) is 18.3. The van der Waals surface area contributed by atoms with E-state index in [-0.39, 0.29) is 5.41 Å². The predicted molar refractivity (Wildman–Crippen MR) is 121 cm³/mol. The number of amides is 1. The summed E-state index contributed by atoms with van der Waals surface area (Å²) in [5, 5.41) is 0. The van der Waals surface area contributed by atoms with E-state index in [1.165, 1.54) is 36.0 Å². The number of hydrogen-bond donors (Lipinski definition) is 0. The molecule has 1 saturated heterocycles. The third-order valence-corrected chi connectivity index (χ3v) is 6.13. The largest absolute Gasteiger partial charge is 0.340 e. The van der Waals surface area contributed by atoms with Gasteiger partial charge in [0, 0.05) is 19.6 Å². The van der Waals surface area contributed by atoms with Gasteiger partial charge < -0.3 is 9.80 Å². The maximum Gasteiger partial charge on any atom is 0.210 e. The average molecular weight is 393 g/mol. The first-order valence-corrected chi connectivity index (χ1v) is 11.0. The number of nitrogens with zero attached hydrogens (tertiary/aromatic N) is 2. The van der Waals surface area contributed by atoms with Crippen LogP contribution in [0.1, 0.15) is 50.3 Å². The van der Waals surface area contributed by atoms with E-state index in [1.807, 2.05) is 4.90 Å². The summed E-state index contributed by atoms with van der Waals surface area (Å²) in [6.45, 7) is 11.4. The highest BCUT2D eigenvalue weighted by Crippen LogP contribution is 2.23. The third-order valence-electron chi connectivity index (χ3n) is 6.13. The van der Waals surface area contributed by atoms with Gasteiger partial charge in [-0.2, -0.15) is 0 Å². The van der Waals surface area contributed by atoms with E-state index < -0.39 is 0 Å². The van der Waals surface area contributed by atoms with E-state index >= 15 is 0 Å². The first-order valence-electron chi connectivity index (χ1n) is 11.0. The molecule has 2 aromatic carbocycles. The Morgan fingerprint density at radius 2 is 1.62 bits per heavy atom. The minimum Gasteiger partial charge on any atom is -0.340 e. The van der Waals surface area contributed by atoms with Crippen LogP contribution in [0.25, 0.3) is 0 Å². The minimum atomic E-state index is 0.162. The van der Waals surface area contributed by atoms with Crippen molar-refractivity contribution in [2.45, 2.75) is 52.0 Å². The number of carbonyl (C=O) groups is 1. The molecule has 156 valence electrons. The number of carbonyl (C=O) groups excluding carboxylic acids is 1. The number of hydrogen-bond acceptors (Lipinski definition) is 2. The monoisotopic (exact) mass is 392 g/mol. The smallest absolute Gasteiger partial charge is 0.210 e. The van der Waals surface area contributed by atoms with Crippen molar-refractivity contribution in [2.75, 3.05) is 26.2 Å². The van der Waals surface area contributed by atoms with Crippen molar-refractivity contribution < 1.29 is 4.79 Å². The normalized spacial score (nSPS) is 16.0. The molecular formula is C26H36N2O. The summed E-state index contributed by atoms with van der Waals surface area (Å²) in [5.74, 6) is 0.789. The topological polar surface area (TPSA) is 23.6 Å². The molecular weight excluding hydrogens is 356 g/mol. The van der Waals surface area contributed by atoms with Crippen LogP contribution in [-0.4, -0.2) is 42.4 Å². The molecule has 1 heterocycles. The number of rotatable bonds is 8. The lowest BCUT2D eigenvalue weighted by atomic mass is 9.87. The fraction of sp³-hybridized carbons (Fsp3) is 0.500. The Morgan fingerprint density at radius 3 is 2.21 bits per heavy atom. The minimum absolute atomic E-state index is 0.162. The zero-order chi connectivity index (χ0) is 20.7. The fourth-order valence-corrected chi connectivity index (χ4v) is 4.15. The van der Waals surface area contributed by atoms with E-state index in [2.05, 4.69) is 80.3 Å². The molecule has 0 aromatic heterocycles. The fourth-order valence-electron chi connectivity index (χ4n) is 4.15. The van der Waals surface area contributed by atoms with Crippen molar-refractivity contribution in [3.05, 3.63) is 71.3 Å². The molecule has 3 nitrogen and oxygen atoms in total. The molecule has 0 atom stereocenters. The molecule has 29 heavy (non-hydrogen) atoms. The van der Waals surface area contributed by atoms with Crippen LogP contribution in [0.3, 0.4) is 0 Å². The molecule has 0 radical (unpaired) electrons.